The summed E-state index contributed by atoms with van der Waals surface area (Å²) in [7, 11) is 0. The quantitative estimate of drug-likeness (QED) is 0.104. The molecular formula is C33H36N6O5. The predicted molar refractivity (Wildman–Crippen MR) is 169 cm³/mol. The summed E-state index contributed by atoms with van der Waals surface area (Å²) in [5.41, 5.74) is 11.7. The van der Waals surface area contributed by atoms with E-state index in [4.69, 9.17) is 20.6 Å². The number of primary amides is 1. The van der Waals surface area contributed by atoms with Gasteiger partial charge in [-0.25, -0.2) is 9.97 Å². The highest BCUT2D eigenvalue weighted by Crippen LogP contribution is 2.33. The fourth-order valence-corrected chi connectivity index (χ4v) is 5.09. The number of fused-ring (bicyclic) bond motifs is 1. The number of carbonyl (C=O) groups is 1. The molecule has 1 unspecified atom stereocenters. The standard InChI is InChI=1S/C33H36N6O5/c1-3-25-22(17-35-19(2)30(42)20-7-11-23(41)12-8-20)5-4-6-27(25)37-28-26(31(34)43)18-36-33-29(28)38-32(39-33)21-9-13-24(14-10-21)44-16-15-40/h4-14,18-19,30,35,40-42H,3,15-17H2,1-2H3,(H2,34,43)(H2,36,37,38,39)/t19?,30-/m1/s1. The van der Waals surface area contributed by atoms with E-state index in [1.807, 2.05) is 37.3 Å². The van der Waals surface area contributed by atoms with Crippen molar-refractivity contribution in [3.05, 3.63) is 95.2 Å². The fourth-order valence-electron chi connectivity index (χ4n) is 5.09. The normalized spacial score (nSPS) is 12.6. The van der Waals surface area contributed by atoms with Crippen LogP contribution in [0, 0.1) is 0 Å². The molecule has 0 aliphatic heterocycles. The summed E-state index contributed by atoms with van der Waals surface area (Å²) in [6.07, 6.45) is 1.37. The number of aliphatic hydroxyl groups is 2. The van der Waals surface area contributed by atoms with Gasteiger partial charge in [0.2, 0.25) is 0 Å². The van der Waals surface area contributed by atoms with Crippen LogP contribution in [0.2, 0.25) is 0 Å². The lowest BCUT2D eigenvalue weighted by atomic mass is 10.00. The van der Waals surface area contributed by atoms with Crippen LogP contribution in [0.25, 0.3) is 22.6 Å². The molecule has 2 aromatic heterocycles. The summed E-state index contributed by atoms with van der Waals surface area (Å²) >= 11 is 0. The monoisotopic (exact) mass is 596 g/mol. The Morgan fingerprint density at radius 2 is 1.84 bits per heavy atom. The summed E-state index contributed by atoms with van der Waals surface area (Å²) < 4.78 is 5.45. The van der Waals surface area contributed by atoms with Gasteiger partial charge in [-0.15, -0.1) is 0 Å². The van der Waals surface area contributed by atoms with Crippen LogP contribution in [-0.2, 0) is 13.0 Å². The topological polar surface area (TPSA) is 179 Å². The summed E-state index contributed by atoms with van der Waals surface area (Å²) in [6, 6.07) is 19.4. The number of nitrogens with zero attached hydrogens (tertiary/aromatic N) is 2. The van der Waals surface area contributed by atoms with Gasteiger partial charge in [-0.1, -0.05) is 31.2 Å². The molecule has 0 bridgehead atoms. The van der Waals surface area contributed by atoms with E-state index in [2.05, 4.69) is 27.5 Å². The number of nitrogens with one attached hydrogen (secondary N) is 3. The SMILES string of the molecule is CCc1c(CNC(C)[C@@H](O)c2ccc(O)cc2)cccc1Nc1c(C(N)=O)cnc2[nH]c(-c3ccc(OCCO)cc3)nc12. The molecule has 0 saturated carbocycles. The van der Waals surface area contributed by atoms with Crippen LogP contribution in [0.15, 0.2) is 72.9 Å². The van der Waals surface area contributed by atoms with E-state index in [0.717, 1.165) is 22.4 Å². The first-order chi connectivity index (χ1) is 21.3. The van der Waals surface area contributed by atoms with Crippen molar-refractivity contribution in [1.82, 2.24) is 20.3 Å². The van der Waals surface area contributed by atoms with Crippen molar-refractivity contribution in [2.75, 3.05) is 18.5 Å². The maximum absolute atomic E-state index is 12.5. The number of benzene rings is 3. The molecule has 2 heterocycles. The second-order valence-electron chi connectivity index (χ2n) is 10.4. The van der Waals surface area contributed by atoms with E-state index in [1.165, 1.54) is 6.20 Å². The van der Waals surface area contributed by atoms with Crippen LogP contribution in [-0.4, -0.2) is 55.4 Å². The van der Waals surface area contributed by atoms with E-state index in [1.54, 1.807) is 36.4 Å². The minimum atomic E-state index is -0.761. The first kappa shape index (κ1) is 30.5. The molecular weight excluding hydrogens is 560 g/mol. The molecule has 1 amide bonds. The van der Waals surface area contributed by atoms with Gasteiger partial charge in [-0.05, 0) is 72.5 Å². The van der Waals surface area contributed by atoms with Gasteiger partial charge in [0, 0.05) is 30.0 Å². The van der Waals surface area contributed by atoms with Gasteiger partial charge in [0.05, 0.1) is 24.0 Å². The highest BCUT2D eigenvalue weighted by molar-refractivity contribution is 6.06. The molecule has 228 valence electrons. The zero-order chi connectivity index (χ0) is 31.2. The third kappa shape index (κ3) is 6.65. The van der Waals surface area contributed by atoms with Crippen LogP contribution in [0.1, 0.15) is 47.0 Å². The number of carbonyl (C=O) groups excluding carboxylic acids is 1. The first-order valence-electron chi connectivity index (χ1n) is 14.4. The molecule has 8 N–H and O–H groups in total. The Balaban J connectivity index is 1.42. The Bertz CT molecular complexity index is 1740. The molecule has 0 aliphatic carbocycles. The number of aliphatic hydroxyl groups excluding tert-OH is 2. The maximum Gasteiger partial charge on any atom is 0.252 e. The third-order valence-electron chi connectivity index (χ3n) is 7.48. The number of aromatic nitrogens is 3. The molecule has 0 radical (unpaired) electrons. The molecule has 3 aromatic carbocycles. The number of phenols is 1. The summed E-state index contributed by atoms with van der Waals surface area (Å²) in [5.74, 6) is 0.696. The second kappa shape index (κ2) is 13.6. The van der Waals surface area contributed by atoms with Crippen LogP contribution in [0.3, 0.4) is 0 Å². The highest BCUT2D eigenvalue weighted by Gasteiger charge is 2.20. The lowest BCUT2D eigenvalue weighted by molar-refractivity contribution is 0.100. The highest BCUT2D eigenvalue weighted by atomic mass is 16.5. The van der Waals surface area contributed by atoms with Gasteiger partial charge >= 0.3 is 0 Å². The van der Waals surface area contributed by atoms with E-state index < -0.39 is 12.0 Å². The number of anilines is 2. The molecule has 5 aromatic rings. The van der Waals surface area contributed by atoms with E-state index in [9.17, 15) is 15.0 Å². The van der Waals surface area contributed by atoms with Crippen molar-refractivity contribution >= 4 is 28.4 Å². The molecule has 5 rings (SSSR count). The average Bonchev–Trinajstić information content (AvgIpc) is 3.48. The van der Waals surface area contributed by atoms with Crippen molar-refractivity contribution in [2.24, 2.45) is 5.73 Å². The number of hydrogen-bond acceptors (Lipinski definition) is 9. The number of hydrogen-bond donors (Lipinski definition) is 7. The van der Waals surface area contributed by atoms with Crippen LogP contribution < -0.4 is 21.1 Å². The van der Waals surface area contributed by atoms with Gasteiger partial charge in [0.1, 0.15) is 29.4 Å². The molecule has 0 spiro atoms. The van der Waals surface area contributed by atoms with Crippen molar-refractivity contribution in [3.63, 3.8) is 0 Å². The summed E-state index contributed by atoms with van der Waals surface area (Å²) in [4.78, 5) is 24.9. The second-order valence-corrected chi connectivity index (χ2v) is 10.4. The summed E-state index contributed by atoms with van der Waals surface area (Å²) in [5, 5.41) is 36.2. The number of imidazole rings is 1. The zero-order valence-electron chi connectivity index (χ0n) is 24.5. The van der Waals surface area contributed by atoms with Gasteiger partial charge in [-0.2, -0.15) is 0 Å². The largest absolute Gasteiger partial charge is 0.508 e. The lowest BCUT2D eigenvalue weighted by Gasteiger charge is -2.22. The minimum Gasteiger partial charge on any atom is -0.508 e. The van der Waals surface area contributed by atoms with Gasteiger partial charge in [-0.3, -0.25) is 4.79 Å². The molecule has 0 fully saturated rings. The molecule has 44 heavy (non-hydrogen) atoms. The Kier molecular flexibility index (Phi) is 9.39. The van der Waals surface area contributed by atoms with E-state index >= 15 is 0 Å². The number of rotatable bonds is 13. The Labute approximate surface area is 254 Å². The van der Waals surface area contributed by atoms with E-state index in [0.29, 0.717) is 47.0 Å². The maximum atomic E-state index is 12.5. The lowest BCUT2D eigenvalue weighted by Crippen LogP contribution is -2.32. The van der Waals surface area contributed by atoms with Crippen LogP contribution in [0.4, 0.5) is 11.4 Å². The van der Waals surface area contributed by atoms with Gasteiger partial charge < -0.3 is 41.4 Å². The van der Waals surface area contributed by atoms with E-state index in [-0.39, 0.29) is 30.6 Å². The number of nitrogens with two attached hydrogens (primary N) is 1. The van der Waals surface area contributed by atoms with Gasteiger partial charge in [0.25, 0.3) is 5.91 Å². The Morgan fingerprint density at radius 3 is 2.52 bits per heavy atom. The van der Waals surface area contributed by atoms with Crippen LogP contribution in [0.5, 0.6) is 11.5 Å². The van der Waals surface area contributed by atoms with Crippen molar-refractivity contribution in [1.29, 1.82) is 0 Å². The van der Waals surface area contributed by atoms with Crippen LogP contribution >= 0.6 is 0 Å². The number of pyridine rings is 1. The zero-order valence-corrected chi connectivity index (χ0v) is 24.5. The smallest absolute Gasteiger partial charge is 0.252 e. The van der Waals surface area contributed by atoms with Crippen molar-refractivity contribution in [3.8, 4) is 22.9 Å². The predicted octanol–water partition coefficient (Wildman–Crippen LogP) is 4.32. The molecule has 2 atom stereocenters. The number of amides is 1. The Morgan fingerprint density at radius 1 is 1.09 bits per heavy atom. The molecule has 0 saturated heterocycles. The first-order valence-corrected chi connectivity index (χ1v) is 14.4. The third-order valence-corrected chi connectivity index (χ3v) is 7.48. The number of H-pyrrole nitrogens is 1. The molecule has 11 heteroatoms. The van der Waals surface area contributed by atoms with Gasteiger partial charge in [0.15, 0.2) is 5.65 Å². The molecule has 0 aliphatic rings. The summed E-state index contributed by atoms with van der Waals surface area (Å²) in [6.45, 7) is 4.58. The fraction of sp³-hybridized carbons (Fsp3) is 0.242. The number of phenolic OH excluding ortho intramolecular Hbond substituents is 1. The Hall–Kier alpha value is -4.97. The molecule has 11 nitrogen and oxygen atoms in total. The number of aromatic amines is 1. The minimum absolute atomic E-state index is 0.0720. The van der Waals surface area contributed by atoms with Crippen molar-refractivity contribution in [2.45, 2.75) is 39.0 Å². The van der Waals surface area contributed by atoms with Crippen molar-refractivity contribution < 1.29 is 24.9 Å². The average molecular weight is 597 g/mol. The number of aromatic hydroxyl groups is 1. The number of ether oxygens (including phenoxy) is 1.